The molecule has 1 aliphatic rings. The molecule has 2 aromatic carbocycles. The summed E-state index contributed by atoms with van der Waals surface area (Å²) in [6.07, 6.45) is 0.650. The van der Waals surface area contributed by atoms with Crippen LogP contribution in [0.3, 0.4) is 0 Å². The van der Waals surface area contributed by atoms with Crippen LogP contribution in [-0.2, 0) is 19.6 Å². The number of rotatable bonds is 7. The van der Waals surface area contributed by atoms with E-state index in [0.717, 1.165) is 0 Å². The van der Waals surface area contributed by atoms with Gasteiger partial charge in [-0.3, -0.25) is 4.79 Å². The molecule has 8 nitrogen and oxygen atoms in total. The van der Waals surface area contributed by atoms with Gasteiger partial charge in [0.1, 0.15) is 5.75 Å². The van der Waals surface area contributed by atoms with Crippen molar-refractivity contribution in [1.82, 2.24) is 4.31 Å². The lowest BCUT2D eigenvalue weighted by atomic mass is 10.1. The van der Waals surface area contributed by atoms with Gasteiger partial charge in [0, 0.05) is 36.0 Å². The molecule has 0 unspecified atom stereocenters. The fourth-order valence-electron chi connectivity index (χ4n) is 3.03. The van der Waals surface area contributed by atoms with E-state index in [1.807, 2.05) is 0 Å². The number of aliphatic carboxylic acids is 1. The van der Waals surface area contributed by atoms with Crippen molar-refractivity contribution in [1.29, 1.82) is 0 Å². The summed E-state index contributed by atoms with van der Waals surface area (Å²) in [5.74, 6) is -0.819. The van der Waals surface area contributed by atoms with Crippen LogP contribution in [0, 0.1) is 0 Å². The first kappa shape index (κ1) is 19.1. The molecule has 0 spiro atoms. The SMILES string of the molecule is O=C(O)COc1ccc(NC(=O)CCN2CCCS2(=O)=O)c2ccccc12. The van der Waals surface area contributed by atoms with Crippen LogP contribution in [0.4, 0.5) is 5.69 Å². The van der Waals surface area contributed by atoms with Crippen LogP contribution in [0.2, 0.25) is 0 Å². The van der Waals surface area contributed by atoms with Gasteiger partial charge in [-0.15, -0.1) is 0 Å². The molecule has 27 heavy (non-hydrogen) atoms. The lowest BCUT2D eigenvalue weighted by molar-refractivity contribution is -0.139. The van der Waals surface area contributed by atoms with Crippen LogP contribution < -0.4 is 10.1 Å². The van der Waals surface area contributed by atoms with Crippen LogP contribution in [0.15, 0.2) is 36.4 Å². The van der Waals surface area contributed by atoms with Gasteiger partial charge in [0.2, 0.25) is 15.9 Å². The van der Waals surface area contributed by atoms with Gasteiger partial charge < -0.3 is 15.2 Å². The average molecular weight is 392 g/mol. The highest BCUT2D eigenvalue weighted by Crippen LogP contribution is 2.31. The largest absolute Gasteiger partial charge is 0.481 e. The molecule has 3 rings (SSSR count). The summed E-state index contributed by atoms with van der Waals surface area (Å²) in [6.45, 7) is 0.153. The number of sulfonamides is 1. The summed E-state index contributed by atoms with van der Waals surface area (Å²) >= 11 is 0. The van der Waals surface area contributed by atoms with Gasteiger partial charge >= 0.3 is 5.97 Å². The van der Waals surface area contributed by atoms with E-state index < -0.39 is 22.6 Å². The molecular weight excluding hydrogens is 372 g/mol. The highest BCUT2D eigenvalue weighted by molar-refractivity contribution is 7.89. The molecule has 2 N–H and O–H groups in total. The number of hydrogen-bond acceptors (Lipinski definition) is 5. The molecule has 1 saturated heterocycles. The molecule has 9 heteroatoms. The number of amides is 1. The van der Waals surface area contributed by atoms with E-state index in [-0.39, 0.29) is 24.6 Å². The lowest BCUT2D eigenvalue weighted by Crippen LogP contribution is -2.29. The molecule has 0 radical (unpaired) electrons. The highest BCUT2D eigenvalue weighted by Gasteiger charge is 2.28. The first-order valence-electron chi connectivity index (χ1n) is 8.51. The molecule has 144 valence electrons. The molecule has 1 amide bonds. The van der Waals surface area contributed by atoms with Gasteiger partial charge in [-0.05, 0) is 18.6 Å². The Morgan fingerprint density at radius 1 is 1.15 bits per heavy atom. The van der Waals surface area contributed by atoms with Crippen LogP contribution in [0.25, 0.3) is 10.8 Å². The lowest BCUT2D eigenvalue weighted by Gasteiger charge is -2.15. The van der Waals surface area contributed by atoms with Crippen LogP contribution in [0.1, 0.15) is 12.8 Å². The number of carboxylic acids is 1. The Hall–Kier alpha value is -2.65. The molecule has 0 saturated carbocycles. The third-order valence-electron chi connectivity index (χ3n) is 4.30. The second kappa shape index (κ2) is 7.93. The van der Waals surface area contributed by atoms with Crippen molar-refractivity contribution in [3.05, 3.63) is 36.4 Å². The maximum Gasteiger partial charge on any atom is 0.341 e. The minimum Gasteiger partial charge on any atom is -0.481 e. The van der Waals surface area contributed by atoms with Crippen LogP contribution in [0.5, 0.6) is 5.75 Å². The molecular formula is C18H20N2O6S. The number of carbonyl (C=O) groups excluding carboxylic acids is 1. The number of nitrogens with one attached hydrogen (secondary N) is 1. The van der Waals surface area contributed by atoms with Gasteiger partial charge in [0.05, 0.1) is 5.75 Å². The zero-order chi connectivity index (χ0) is 19.4. The predicted octanol–water partition coefficient (Wildman–Crippen LogP) is 1.67. The summed E-state index contributed by atoms with van der Waals surface area (Å²) in [5.41, 5.74) is 0.558. The van der Waals surface area contributed by atoms with E-state index >= 15 is 0 Å². The second-order valence-corrected chi connectivity index (χ2v) is 8.29. The zero-order valence-electron chi connectivity index (χ0n) is 14.6. The smallest absolute Gasteiger partial charge is 0.341 e. The Morgan fingerprint density at radius 3 is 2.56 bits per heavy atom. The third kappa shape index (κ3) is 4.55. The Bertz CT molecular complexity index is 973. The standard InChI is InChI=1S/C18H20N2O6S/c21-17(8-10-20-9-3-11-27(20,24)25)19-15-6-7-16(26-12-18(22)23)14-5-2-1-4-13(14)15/h1-2,4-7H,3,8-12H2,(H,19,21)(H,22,23). The number of fused-ring (bicyclic) bond motifs is 1. The topological polar surface area (TPSA) is 113 Å². The quantitative estimate of drug-likeness (QED) is 0.741. The maximum atomic E-state index is 12.3. The minimum atomic E-state index is -3.22. The summed E-state index contributed by atoms with van der Waals surface area (Å²) in [6, 6.07) is 10.4. The number of carbonyl (C=O) groups is 2. The fraction of sp³-hybridized carbons (Fsp3) is 0.333. The Morgan fingerprint density at radius 2 is 1.89 bits per heavy atom. The van der Waals surface area contributed by atoms with E-state index in [0.29, 0.717) is 35.2 Å². The molecule has 2 aromatic rings. The van der Waals surface area contributed by atoms with Gasteiger partial charge in [0.25, 0.3) is 0 Å². The van der Waals surface area contributed by atoms with Crippen LogP contribution in [-0.4, -0.2) is 55.2 Å². The van der Waals surface area contributed by atoms with E-state index in [2.05, 4.69) is 5.32 Å². The van der Waals surface area contributed by atoms with Crippen LogP contribution >= 0.6 is 0 Å². The maximum absolute atomic E-state index is 12.3. The van der Waals surface area contributed by atoms with Crippen molar-refractivity contribution in [3.8, 4) is 5.75 Å². The zero-order valence-corrected chi connectivity index (χ0v) is 15.4. The number of nitrogens with zero attached hydrogens (tertiary/aromatic N) is 1. The summed E-state index contributed by atoms with van der Waals surface area (Å²) in [4.78, 5) is 23.0. The molecule has 1 heterocycles. The highest BCUT2D eigenvalue weighted by atomic mass is 32.2. The number of ether oxygens (including phenoxy) is 1. The molecule has 0 aliphatic carbocycles. The second-order valence-electron chi connectivity index (χ2n) is 6.21. The van der Waals surface area contributed by atoms with E-state index in [1.165, 1.54) is 4.31 Å². The number of anilines is 1. The monoisotopic (exact) mass is 392 g/mol. The number of carboxylic acid groups (broad SMARTS) is 1. The van der Waals surface area contributed by atoms with Crippen molar-refractivity contribution in [2.45, 2.75) is 12.8 Å². The predicted molar refractivity (Wildman–Crippen MR) is 100 cm³/mol. The first-order chi connectivity index (χ1) is 12.9. The summed E-state index contributed by atoms with van der Waals surface area (Å²) in [7, 11) is -3.22. The van der Waals surface area contributed by atoms with Crippen molar-refractivity contribution < 1.29 is 27.9 Å². The van der Waals surface area contributed by atoms with Gasteiger partial charge in [-0.1, -0.05) is 24.3 Å². The Labute approximate surface area is 156 Å². The molecule has 0 bridgehead atoms. The molecule has 1 aliphatic heterocycles. The van der Waals surface area contributed by atoms with Gasteiger partial charge in [-0.25, -0.2) is 17.5 Å². The first-order valence-corrected chi connectivity index (χ1v) is 10.1. The molecule has 1 fully saturated rings. The number of hydrogen-bond donors (Lipinski definition) is 2. The van der Waals surface area contributed by atoms with Crippen molar-refractivity contribution in [3.63, 3.8) is 0 Å². The summed E-state index contributed by atoms with van der Waals surface area (Å²) in [5, 5.41) is 13.0. The number of benzene rings is 2. The minimum absolute atomic E-state index is 0.0603. The summed E-state index contributed by atoms with van der Waals surface area (Å²) < 4.78 is 30.2. The van der Waals surface area contributed by atoms with E-state index in [4.69, 9.17) is 9.84 Å². The van der Waals surface area contributed by atoms with Gasteiger partial charge in [-0.2, -0.15) is 0 Å². The fourth-order valence-corrected chi connectivity index (χ4v) is 4.56. The van der Waals surface area contributed by atoms with Crippen molar-refractivity contribution in [2.24, 2.45) is 0 Å². The normalized spacial score (nSPS) is 16.3. The van der Waals surface area contributed by atoms with E-state index in [9.17, 15) is 18.0 Å². The van der Waals surface area contributed by atoms with Crippen molar-refractivity contribution in [2.75, 3.05) is 30.8 Å². The van der Waals surface area contributed by atoms with Gasteiger partial charge in [0.15, 0.2) is 6.61 Å². The van der Waals surface area contributed by atoms with Crippen molar-refractivity contribution >= 4 is 38.4 Å². The Kier molecular flexibility index (Phi) is 5.62. The molecule has 0 aromatic heterocycles. The van der Waals surface area contributed by atoms with E-state index in [1.54, 1.807) is 36.4 Å². The third-order valence-corrected chi connectivity index (χ3v) is 6.26. The average Bonchev–Trinajstić information content (AvgIpc) is 2.97. The Balaban J connectivity index is 1.72. The molecule has 0 atom stereocenters.